The maximum atomic E-state index is 10.9. The van der Waals surface area contributed by atoms with Gasteiger partial charge < -0.3 is 29.9 Å². The molecular weight excluding hydrogens is 196 g/mol. The van der Waals surface area contributed by atoms with Crippen molar-refractivity contribution in [1.82, 2.24) is 0 Å². The van der Waals surface area contributed by atoms with Crippen LogP contribution in [0.15, 0.2) is 0 Å². The van der Waals surface area contributed by atoms with Crippen molar-refractivity contribution in [3.8, 4) is 0 Å². The van der Waals surface area contributed by atoms with Crippen LogP contribution in [0.3, 0.4) is 0 Å². The average Bonchev–Trinajstić information content (AvgIpc) is 2.61. The average molecular weight is 208 g/mol. The zero-order chi connectivity index (χ0) is 10.7. The Balaban J connectivity index is 2.55. The number of hydrogen-bond acceptors (Lipinski definition) is 7. The van der Waals surface area contributed by atoms with E-state index in [4.69, 9.17) is 10.2 Å². The van der Waals surface area contributed by atoms with Crippen molar-refractivity contribution < 1.29 is 34.7 Å². The third-order valence-corrected chi connectivity index (χ3v) is 1.92. The molecule has 82 valence electrons. The van der Waals surface area contributed by atoms with E-state index >= 15 is 0 Å². The fourth-order valence-corrected chi connectivity index (χ4v) is 1.07. The van der Waals surface area contributed by atoms with Gasteiger partial charge in [0, 0.05) is 0 Å². The standard InChI is InChI=1S/C7H12O7/c8-1-3(9)4(10)5(11)6-7(12)14-2-13-6/h3-6,8-11H,1-2H2/t3-,4-,5+,6-/m1/s1. The van der Waals surface area contributed by atoms with Gasteiger partial charge in [-0.15, -0.1) is 0 Å². The van der Waals surface area contributed by atoms with Gasteiger partial charge in [0.25, 0.3) is 0 Å². The van der Waals surface area contributed by atoms with Crippen LogP contribution in [0.2, 0.25) is 0 Å². The van der Waals surface area contributed by atoms with Gasteiger partial charge in [-0.1, -0.05) is 0 Å². The SMILES string of the molecule is O=C1OCO[C@@H]1[C@@H](O)[C@H](O)[C@H](O)CO. The molecule has 1 fully saturated rings. The zero-order valence-corrected chi connectivity index (χ0v) is 7.24. The smallest absolute Gasteiger partial charge is 0.340 e. The third kappa shape index (κ3) is 2.20. The maximum Gasteiger partial charge on any atom is 0.340 e. The number of cyclic esters (lactones) is 1. The highest BCUT2D eigenvalue weighted by Crippen LogP contribution is 2.14. The second kappa shape index (κ2) is 4.67. The normalized spacial score (nSPS) is 28.3. The van der Waals surface area contributed by atoms with Crippen LogP contribution in [0.5, 0.6) is 0 Å². The number of hydrogen-bond donors (Lipinski definition) is 4. The van der Waals surface area contributed by atoms with E-state index in [1.165, 1.54) is 0 Å². The van der Waals surface area contributed by atoms with Crippen LogP contribution in [0, 0.1) is 0 Å². The molecule has 7 heteroatoms. The molecule has 0 amide bonds. The van der Waals surface area contributed by atoms with Crippen molar-refractivity contribution in [1.29, 1.82) is 0 Å². The molecule has 14 heavy (non-hydrogen) atoms. The molecule has 0 unspecified atom stereocenters. The quantitative estimate of drug-likeness (QED) is 0.363. The molecule has 4 atom stereocenters. The predicted molar refractivity (Wildman–Crippen MR) is 40.9 cm³/mol. The highest BCUT2D eigenvalue weighted by atomic mass is 16.7. The molecule has 1 aliphatic heterocycles. The molecule has 0 aromatic heterocycles. The van der Waals surface area contributed by atoms with Crippen LogP contribution in [0.4, 0.5) is 0 Å². The van der Waals surface area contributed by atoms with Crippen LogP contribution in [-0.4, -0.2) is 64.2 Å². The first kappa shape index (κ1) is 11.3. The Kier molecular flexibility index (Phi) is 3.78. The van der Waals surface area contributed by atoms with E-state index in [1.807, 2.05) is 0 Å². The Morgan fingerprint density at radius 3 is 2.50 bits per heavy atom. The molecule has 0 aromatic rings. The first-order chi connectivity index (χ1) is 6.57. The number of esters is 1. The lowest BCUT2D eigenvalue weighted by Crippen LogP contribution is -2.47. The molecule has 1 saturated heterocycles. The van der Waals surface area contributed by atoms with E-state index in [1.54, 1.807) is 0 Å². The summed E-state index contributed by atoms with van der Waals surface area (Å²) < 4.78 is 9.04. The maximum absolute atomic E-state index is 10.9. The number of rotatable bonds is 4. The lowest BCUT2D eigenvalue weighted by atomic mass is 10.0. The van der Waals surface area contributed by atoms with Gasteiger partial charge in [-0.25, -0.2) is 4.79 Å². The van der Waals surface area contributed by atoms with Gasteiger partial charge in [-0.3, -0.25) is 0 Å². The van der Waals surface area contributed by atoms with Gasteiger partial charge in [-0.05, 0) is 0 Å². The minimum Gasteiger partial charge on any atom is -0.436 e. The molecule has 1 aliphatic rings. The number of carbonyl (C=O) groups excluding carboxylic acids is 1. The van der Waals surface area contributed by atoms with Crippen LogP contribution in [0.25, 0.3) is 0 Å². The topological polar surface area (TPSA) is 116 Å². The second-order valence-corrected chi connectivity index (χ2v) is 2.90. The number of carbonyl (C=O) groups is 1. The summed E-state index contributed by atoms with van der Waals surface area (Å²) in [4.78, 5) is 10.9. The minimum absolute atomic E-state index is 0.289. The Morgan fingerprint density at radius 2 is 2.07 bits per heavy atom. The molecule has 1 heterocycles. The first-order valence-electron chi connectivity index (χ1n) is 4.01. The molecule has 4 N–H and O–H groups in total. The zero-order valence-electron chi connectivity index (χ0n) is 7.24. The van der Waals surface area contributed by atoms with Gasteiger partial charge in [0.15, 0.2) is 12.9 Å². The van der Waals surface area contributed by atoms with Crippen molar-refractivity contribution in [2.24, 2.45) is 0 Å². The van der Waals surface area contributed by atoms with Crippen LogP contribution in [0.1, 0.15) is 0 Å². The summed E-state index contributed by atoms with van der Waals surface area (Å²) in [5, 5.41) is 36.0. The summed E-state index contributed by atoms with van der Waals surface area (Å²) in [5.74, 6) is -0.804. The molecular formula is C7H12O7. The summed E-state index contributed by atoms with van der Waals surface area (Å²) >= 11 is 0. The molecule has 0 aliphatic carbocycles. The molecule has 0 bridgehead atoms. The van der Waals surface area contributed by atoms with Crippen molar-refractivity contribution in [2.75, 3.05) is 13.4 Å². The fraction of sp³-hybridized carbons (Fsp3) is 0.857. The Bertz CT molecular complexity index is 206. The van der Waals surface area contributed by atoms with E-state index in [0.29, 0.717) is 0 Å². The van der Waals surface area contributed by atoms with Crippen LogP contribution < -0.4 is 0 Å². The summed E-state index contributed by atoms with van der Waals surface area (Å²) in [6, 6.07) is 0. The van der Waals surface area contributed by atoms with Gasteiger partial charge >= 0.3 is 5.97 Å². The Labute approximate surface area is 79.5 Å². The summed E-state index contributed by atoms with van der Waals surface area (Å²) in [6.45, 7) is -1.01. The molecule has 0 spiro atoms. The number of ether oxygens (including phenoxy) is 2. The molecule has 0 radical (unpaired) electrons. The minimum atomic E-state index is -1.66. The predicted octanol–water partition coefficient (Wildman–Crippen LogP) is -3.04. The lowest BCUT2D eigenvalue weighted by molar-refractivity contribution is -0.149. The van der Waals surface area contributed by atoms with E-state index in [0.717, 1.165) is 0 Å². The Morgan fingerprint density at radius 1 is 1.43 bits per heavy atom. The van der Waals surface area contributed by atoms with E-state index in [-0.39, 0.29) is 6.79 Å². The highest BCUT2D eigenvalue weighted by Gasteiger charge is 2.40. The van der Waals surface area contributed by atoms with Crippen LogP contribution in [-0.2, 0) is 14.3 Å². The largest absolute Gasteiger partial charge is 0.436 e. The lowest BCUT2D eigenvalue weighted by Gasteiger charge is -2.23. The summed E-state index contributed by atoms with van der Waals surface area (Å²) in [5.41, 5.74) is 0. The van der Waals surface area contributed by atoms with Gasteiger partial charge in [0.1, 0.15) is 18.3 Å². The number of aliphatic hydroxyl groups excluding tert-OH is 4. The molecule has 0 saturated carbocycles. The summed E-state index contributed by atoms with van der Waals surface area (Å²) in [6.07, 6.45) is -6.11. The van der Waals surface area contributed by atoms with E-state index in [2.05, 4.69) is 9.47 Å². The van der Waals surface area contributed by atoms with Crippen molar-refractivity contribution in [3.63, 3.8) is 0 Å². The molecule has 1 rings (SSSR count). The second-order valence-electron chi connectivity index (χ2n) is 2.90. The van der Waals surface area contributed by atoms with E-state index < -0.39 is 37.0 Å². The van der Waals surface area contributed by atoms with E-state index in [9.17, 15) is 15.0 Å². The highest BCUT2D eigenvalue weighted by molar-refractivity contribution is 5.76. The third-order valence-electron chi connectivity index (χ3n) is 1.92. The number of aliphatic hydroxyl groups is 4. The first-order valence-corrected chi connectivity index (χ1v) is 4.01. The summed E-state index contributed by atoms with van der Waals surface area (Å²) in [7, 11) is 0. The van der Waals surface area contributed by atoms with Crippen molar-refractivity contribution >= 4 is 5.97 Å². The van der Waals surface area contributed by atoms with Crippen LogP contribution >= 0.6 is 0 Å². The monoisotopic (exact) mass is 208 g/mol. The molecule has 0 aromatic carbocycles. The Hall–Kier alpha value is -0.730. The molecule has 7 nitrogen and oxygen atoms in total. The van der Waals surface area contributed by atoms with Gasteiger partial charge in [0.05, 0.1) is 6.61 Å². The van der Waals surface area contributed by atoms with Crippen molar-refractivity contribution in [3.05, 3.63) is 0 Å². The van der Waals surface area contributed by atoms with Gasteiger partial charge in [0.2, 0.25) is 0 Å². The van der Waals surface area contributed by atoms with Gasteiger partial charge in [-0.2, -0.15) is 0 Å². The fourth-order valence-electron chi connectivity index (χ4n) is 1.07. The van der Waals surface area contributed by atoms with Crippen molar-refractivity contribution in [2.45, 2.75) is 24.4 Å².